The summed E-state index contributed by atoms with van der Waals surface area (Å²) in [5.74, 6) is -0.185. The predicted molar refractivity (Wildman–Crippen MR) is 95.1 cm³/mol. The van der Waals surface area contributed by atoms with E-state index in [-0.39, 0.29) is 29.2 Å². The van der Waals surface area contributed by atoms with Crippen LogP contribution in [0.1, 0.15) is 75.2 Å². The average molecular weight is 328 g/mol. The lowest BCUT2D eigenvalue weighted by molar-refractivity contribution is -0.139. The molecule has 0 spiro atoms. The topological polar surface area (TPSA) is 75.3 Å². The molecule has 0 saturated heterocycles. The number of carbonyl (C=O) groups excluding carboxylic acids is 3. The lowest BCUT2D eigenvalue weighted by Gasteiger charge is -2.16. The Morgan fingerprint density at radius 2 is 1.26 bits per heavy atom. The fourth-order valence-electron chi connectivity index (χ4n) is 1.66. The Labute approximate surface area is 142 Å². The third-order valence-corrected chi connectivity index (χ3v) is 2.41. The Hall–Kier alpha value is -1.39. The molecule has 0 aliphatic carbocycles. The summed E-state index contributed by atoms with van der Waals surface area (Å²) in [5.41, 5.74) is -0.120. The second-order valence-electron chi connectivity index (χ2n) is 8.11. The van der Waals surface area contributed by atoms with Gasteiger partial charge in [0, 0.05) is 24.9 Å². The lowest BCUT2D eigenvalue weighted by atomic mass is 9.90. The third kappa shape index (κ3) is 18.6. The van der Waals surface area contributed by atoms with E-state index in [4.69, 9.17) is 0 Å². The molecular weight excluding hydrogens is 292 g/mol. The van der Waals surface area contributed by atoms with E-state index in [2.05, 4.69) is 10.6 Å². The largest absolute Gasteiger partial charge is 0.354 e. The highest BCUT2D eigenvalue weighted by Gasteiger charge is 2.21. The van der Waals surface area contributed by atoms with Gasteiger partial charge in [0.15, 0.2) is 0 Å². The van der Waals surface area contributed by atoms with Gasteiger partial charge in [-0.15, -0.1) is 0 Å². The molecule has 0 unspecified atom stereocenters. The molecular formula is C18H36N2O3. The van der Waals surface area contributed by atoms with Crippen molar-refractivity contribution in [3.05, 3.63) is 0 Å². The van der Waals surface area contributed by atoms with E-state index >= 15 is 0 Å². The minimum Gasteiger partial charge on any atom is -0.354 e. The van der Waals surface area contributed by atoms with Crippen molar-refractivity contribution in [2.45, 2.75) is 87.2 Å². The molecule has 0 aromatic heterocycles. The lowest BCUT2D eigenvalue weighted by Crippen LogP contribution is -2.37. The van der Waals surface area contributed by atoms with Gasteiger partial charge in [-0.25, -0.2) is 0 Å². The van der Waals surface area contributed by atoms with Crippen LogP contribution in [0.4, 0.5) is 0 Å². The second kappa shape index (κ2) is 11.2. The van der Waals surface area contributed by atoms with Crippen LogP contribution in [-0.4, -0.2) is 29.7 Å². The molecule has 23 heavy (non-hydrogen) atoms. The van der Waals surface area contributed by atoms with Crippen molar-refractivity contribution >= 4 is 17.6 Å². The van der Waals surface area contributed by atoms with Gasteiger partial charge >= 0.3 is 0 Å². The van der Waals surface area contributed by atoms with E-state index < -0.39 is 5.91 Å². The van der Waals surface area contributed by atoms with Crippen molar-refractivity contribution < 1.29 is 14.4 Å². The minimum absolute atomic E-state index is 0.0245. The molecule has 0 aromatic carbocycles. The van der Waals surface area contributed by atoms with Crippen molar-refractivity contribution in [3.8, 4) is 0 Å². The van der Waals surface area contributed by atoms with E-state index in [1.165, 1.54) is 0 Å². The van der Waals surface area contributed by atoms with Crippen LogP contribution in [0.5, 0.6) is 0 Å². The second-order valence-corrected chi connectivity index (χ2v) is 8.11. The van der Waals surface area contributed by atoms with Crippen molar-refractivity contribution in [1.29, 1.82) is 0 Å². The van der Waals surface area contributed by atoms with Crippen LogP contribution in [0.25, 0.3) is 0 Å². The summed E-state index contributed by atoms with van der Waals surface area (Å²) < 4.78 is 0. The van der Waals surface area contributed by atoms with E-state index in [1.807, 2.05) is 62.3 Å². The van der Waals surface area contributed by atoms with Crippen LogP contribution in [-0.2, 0) is 14.4 Å². The first-order valence-electron chi connectivity index (χ1n) is 8.37. The predicted octanol–water partition coefficient (Wildman–Crippen LogP) is 3.07. The number of Topliss-reactive ketones (excluding diaryl/α,β-unsaturated/α-hetero) is 1. The molecule has 0 saturated carbocycles. The number of carbonyl (C=O) groups is 3. The van der Waals surface area contributed by atoms with Crippen LogP contribution < -0.4 is 10.6 Å². The minimum atomic E-state index is -0.468. The first kappa shape index (κ1) is 23.9. The smallest absolute Gasteiger partial charge is 0.287 e. The standard InChI is InChI=1S/C10H19NO2.C8H17NO/c1-7(2)11-9(13)8(12)6-10(3,4)5;1-6(2)5-8(10)9-7(3)4/h7H,6H2,1-5H3,(H,11,13);6-7H,5H2,1-4H3,(H,9,10). The third-order valence-electron chi connectivity index (χ3n) is 2.41. The fraction of sp³-hybridized carbons (Fsp3) is 0.833. The summed E-state index contributed by atoms with van der Waals surface area (Å²) in [5, 5.41) is 5.41. The molecule has 0 fully saturated rings. The average Bonchev–Trinajstić information content (AvgIpc) is 2.23. The van der Waals surface area contributed by atoms with Gasteiger partial charge in [-0.2, -0.15) is 0 Å². The Kier molecular flexibility index (Phi) is 11.6. The first-order chi connectivity index (χ1) is 10.2. The van der Waals surface area contributed by atoms with Crippen molar-refractivity contribution in [2.75, 3.05) is 0 Å². The van der Waals surface area contributed by atoms with Crippen LogP contribution in [0, 0.1) is 11.3 Å². The molecule has 0 aromatic rings. The molecule has 0 aliphatic rings. The maximum Gasteiger partial charge on any atom is 0.287 e. The van der Waals surface area contributed by atoms with Crippen LogP contribution in [0.15, 0.2) is 0 Å². The summed E-state index contributed by atoms with van der Waals surface area (Å²) in [6, 6.07) is 0.294. The number of ketones is 1. The number of hydrogen-bond donors (Lipinski definition) is 2. The molecule has 5 nitrogen and oxygen atoms in total. The van der Waals surface area contributed by atoms with Crippen LogP contribution in [0.2, 0.25) is 0 Å². The number of hydrogen-bond acceptors (Lipinski definition) is 3. The molecule has 2 amide bonds. The molecule has 0 atom stereocenters. The molecule has 0 radical (unpaired) electrons. The summed E-state index contributed by atoms with van der Waals surface area (Å²) in [4.78, 5) is 33.4. The molecule has 0 bridgehead atoms. The van der Waals surface area contributed by atoms with Gasteiger partial charge in [0.1, 0.15) is 0 Å². The summed E-state index contributed by atoms with van der Waals surface area (Å²) >= 11 is 0. The molecule has 0 heterocycles. The van der Waals surface area contributed by atoms with E-state index in [1.54, 1.807) is 0 Å². The monoisotopic (exact) mass is 328 g/mol. The number of amides is 2. The van der Waals surface area contributed by atoms with Gasteiger partial charge in [-0.05, 0) is 39.0 Å². The molecule has 2 N–H and O–H groups in total. The van der Waals surface area contributed by atoms with E-state index in [0.29, 0.717) is 18.8 Å². The summed E-state index contributed by atoms with van der Waals surface area (Å²) in [6.07, 6.45) is 0.934. The van der Waals surface area contributed by atoms with Crippen molar-refractivity contribution in [1.82, 2.24) is 10.6 Å². The zero-order chi connectivity index (χ0) is 18.8. The van der Waals surface area contributed by atoms with Gasteiger partial charge in [0.2, 0.25) is 11.7 Å². The first-order valence-corrected chi connectivity index (χ1v) is 8.37. The van der Waals surface area contributed by atoms with Crippen LogP contribution >= 0.6 is 0 Å². The molecule has 5 heteroatoms. The Bertz CT molecular complexity index is 368. The van der Waals surface area contributed by atoms with E-state index in [9.17, 15) is 14.4 Å². The fourth-order valence-corrected chi connectivity index (χ4v) is 1.66. The highest BCUT2D eigenvalue weighted by Crippen LogP contribution is 2.18. The molecule has 136 valence electrons. The Morgan fingerprint density at radius 3 is 1.57 bits per heavy atom. The van der Waals surface area contributed by atoms with Gasteiger partial charge in [-0.1, -0.05) is 34.6 Å². The molecule has 0 rings (SSSR count). The Balaban J connectivity index is 0. The van der Waals surface area contributed by atoms with Crippen molar-refractivity contribution in [3.63, 3.8) is 0 Å². The highest BCUT2D eigenvalue weighted by molar-refractivity contribution is 6.36. The van der Waals surface area contributed by atoms with Gasteiger partial charge in [-0.3, -0.25) is 14.4 Å². The number of nitrogens with one attached hydrogen (secondary N) is 2. The number of rotatable bonds is 6. The van der Waals surface area contributed by atoms with Crippen LogP contribution in [0.3, 0.4) is 0 Å². The quantitative estimate of drug-likeness (QED) is 0.736. The SMILES string of the molecule is CC(C)CC(=O)NC(C)C.CC(C)NC(=O)C(=O)CC(C)(C)C. The Morgan fingerprint density at radius 1 is 0.826 bits per heavy atom. The summed E-state index contributed by atoms with van der Waals surface area (Å²) in [6.45, 7) is 17.5. The van der Waals surface area contributed by atoms with Gasteiger partial charge < -0.3 is 10.6 Å². The summed E-state index contributed by atoms with van der Waals surface area (Å²) in [7, 11) is 0. The normalized spacial score (nSPS) is 11.1. The maximum atomic E-state index is 11.3. The zero-order valence-electron chi connectivity index (χ0n) is 16.4. The van der Waals surface area contributed by atoms with Crippen molar-refractivity contribution in [2.24, 2.45) is 11.3 Å². The van der Waals surface area contributed by atoms with Gasteiger partial charge in [0.05, 0.1) is 0 Å². The van der Waals surface area contributed by atoms with E-state index in [0.717, 1.165) is 0 Å². The highest BCUT2D eigenvalue weighted by atomic mass is 16.2. The molecule has 0 aliphatic heterocycles. The maximum absolute atomic E-state index is 11.3. The van der Waals surface area contributed by atoms with Gasteiger partial charge in [0.25, 0.3) is 5.91 Å². The zero-order valence-corrected chi connectivity index (χ0v) is 16.4.